The third-order valence-corrected chi connectivity index (χ3v) is 1.80. The van der Waals surface area contributed by atoms with Crippen molar-refractivity contribution in [1.82, 2.24) is 9.97 Å². The van der Waals surface area contributed by atoms with Crippen LogP contribution in [0.1, 0.15) is 0 Å². The molecule has 0 spiro atoms. The number of hydrogen-bond donors (Lipinski definition) is 1. The summed E-state index contributed by atoms with van der Waals surface area (Å²) < 4.78 is 0. The number of hydrogen-bond acceptors (Lipinski definition) is 3. The fourth-order valence-corrected chi connectivity index (χ4v) is 1.15. The van der Waals surface area contributed by atoms with E-state index in [9.17, 15) is 10.1 Å². The van der Waals surface area contributed by atoms with Gasteiger partial charge in [-0.2, -0.15) is 0 Å². The van der Waals surface area contributed by atoms with Crippen molar-refractivity contribution in [2.45, 2.75) is 0 Å². The van der Waals surface area contributed by atoms with Gasteiger partial charge in [0, 0.05) is 5.56 Å². The average molecular weight is 189 g/mol. The molecule has 2 rings (SSSR count). The second kappa shape index (κ2) is 3.29. The molecule has 5 heteroatoms. The molecule has 2 aromatic rings. The van der Waals surface area contributed by atoms with Gasteiger partial charge in [0.15, 0.2) is 0 Å². The van der Waals surface area contributed by atoms with E-state index in [1.807, 2.05) is 30.3 Å². The first kappa shape index (κ1) is 8.43. The zero-order chi connectivity index (χ0) is 9.97. The summed E-state index contributed by atoms with van der Waals surface area (Å²) in [6.07, 6.45) is 1.28. The monoisotopic (exact) mass is 189 g/mol. The van der Waals surface area contributed by atoms with E-state index < -0.39 is 4.92 Å². The van der Waals surface area contributed by atoms with E-state index in [0.29, 0.717) is 5.82 Å². The van der Waals surface area contributed by atoms with Crippen LogP contribution in [-0.2, 0) is 0 Å². The predicted octanol–water partition coefficient (Wildman–Crippen LogP) is 1.98. The molecule has 5 nitrogen and oxygen atoms in total. The van der Waals surface area contributed by atoms with E-state index in [4.69, 9.17) is 0 Å². The number of aromatic amines is 1. The van der Waals surface area contributed by atoms with Crippen LogP contribution in [0.4, 0.5) is 5.82 Å². The van der Waals surface area contributed by atoms with Gasteiger partial charge in [0.05, 0.1) is 0 Å². The van der Waals surface area contributed by atoms with Gasteiger partial charge < -0.3 is 15.1 Å². The summed E-state index contributed by atoms with van der Waals surface area (Å²) in [5.74, 6) is 0.348. The van der Waals surface area contributed by atoms with Crippen molar-refractivity contribution < 1.29 is 4.92 Å². The van der Waals surface area contributed by atoms with Crippen molar-refractivity contribution in [3.05, 3.63) is 46.6 Å². The van der Waals surface area contributed by atoms with Gasteiger partial charge in [0.25, 0.3) is 5.82 Å². The van der Waals surface area contributed by atoms with E-state index in [0.717, 1.165) is 5.56 Å². The maximum absolute atomic E-state index is 10.4. The third-order valence-electron chi connectivity index (χ3n) is 1.80. The number of H-pyrrole nitrogens is 1. The van der Waals surface area contributed by atoms with Crippen molar-refractivity contribution in [2.75, 3.05) is 0 Å². The molecule has 0 radical (unpaired) electrons. The second-order valence-corrected chi connectivity index (χ2v) is 2.73. The number of aromatic nitrogens is 2. The zero-order valence-electron chi connectivity index (χ0n) is 7.18. The minimum Gasteiger partial charge on any atom is -0.358 e. The summed E-state index contributed by atoms with van der Waals surface area (Å²) in [6.45, 7) is 0. The van der Waals surface area contributed by atoms with Gasteiger partial charge in [-0.1, -0.05) is 18.2 Å². The molecular formula is C9H7N3O2. The summed E-state index contributed by atoms with van der Waals surface area (Å²) in [4.78, 5) is 16.4. The summed E-state index contributed by atoms with van der Waals surface area (Å²) in [6, 6.07) is 9.25. The summed E-state index contributed by atoms with van der Waals surface area (Å²) in [5, 5.41) is 10.4. The smallest absolute Gasteiger partial charge is 0.358 e. The van der Waals surface area contributed by atoms with E-state index in [2.05, 4.69) is 9.97 Å². The molecule has 0 aliphatic carbocycles. The van der Waals surface area contributed by atoms with Crippen LogP contribution in [-0.4, -0.2) is 14.9 Å². The number of benzene rings is 1. The van der Waals surface area contributed by atoms with E-state index >= 15 is 0 Å². The lowest BCUT2D eigenvalue weighted by Gasteiger charge is -1.88. The van der Waals surface area contributed by atoms with Gasteiger partial charge >= 0.3 is 5.82 Å². The number of imidazole rings is 1. The summed E-state index contributed by atoms with van der Waals surface area (Å²) in [5.41, 5.74) is 0.834. The standard InChI is InChI=1S/C9H7N3O2/c13-12(14)8-6-10-9(11-8)7-4-2-1-3-5-7/h1-6H,(H,10,11). The SMILES string of the molecule is O=[N+]([O-])c1c[nH]c(-c2ccccc2)n1. The first-order valence-electron chi connectivity index (χ1n) is 4.02. The Morgan fingerprint density at radius 1 is 1.29 bits per heavy atom. The molecule has 0 unspecified atom stereocenters. The Bertz CT molecular complexity index is 450. The molecule has 14 heavy (non-hydrogen) atoms. The molecule has 0 saturated carbocycles. The minimum atomic E-state index is -0.525. The molecular weight excluding hydrogens is 182 g/mol. The molecule has 0 aliphatic heterocycles. The fourth-order valence-electron chi connectivity index (χ4n) is 1.15. The van der Waals surface area contributed by atoms with E-state index in [1.54, 1.807) is 0 Å². The van der Waals surface area contributed by atoms with Crippen molar-refractivity contribution in [1.29, 1.82) is 0 Å². The lowest BCUT2D eigenvalue weighted by atomic mass is 10.2. The van der Waals surface area contributed by atoms with Gasteiger partial charge in [-0.05, 0) is 22.0 Å². The number of nitrogens with zero attached hydrogens (tertiary/aromatic N) is 2. The van der Waals surface area contributed by atoms with Gasteiger partial charge in [-0.3, -0.25) is 0 Å². The topological polar surface area (TPSA) is 71.8 Å². The molecule has 1 aromatic heterocycles. The first-order valence-corrected chi connectivity index (χ1v) is 4.02. The Morgan fingerprint density at radius 2 is 2.00 bits per heavy atom. The maximum Gasteiger partial charge on any atom is 0.382 e. The normalized spacial score (nSPS) is 10.0. The van der Waals surface area contributed by atoms with E-state index in [1.165, 1.54) is 6.20 Å². The van der Waals surface area contributed by atoms with Gasteiger partial charge in [-0.15, -0.1) is 0 Å². The Morgan fingerprint density at radius 3 is 2.57 bits per heavy atom. The Labute approximate surface area is 79.6 Å². The molecule has 0 atom stereocenters. The van der Waals surface area contributed by atoms with Gasteiger partial charge in [-0.25, -0.2) is 0 Å². The predicted molar refractivity (Wildman–Crippen MR) is 50.7 cm³/mol. The number of nitrogens with one attached hydrogen (secondary N) is 1. The van der Waals surface area contributed by atoms with Crippen molar-refractivity contribution in [2.24, 2.45) is 0 Å². The van der Waals surface area contributed by atoms with Crippen molar-refractivity contribution >= 4 is 5.82 Å². The van der Waals surface area contributed by atoms with Crippen LogP contribution in [0.3, 0.4) is 0 Å². The molecule has 1 heterocycles. The molecule has 0 saturated heterocycles. The number of rotatable bonds is 2. The summed E-state index contributed by atoms with van der Waals surface area (Å²) >= 11 is 0. The molecule has 70 valence electrons. The third kappa shape index (κ3) is 1.47. The molecule has 0 fully saturated rings. The largest absolute Gasteiger partial charge is 0.382 e. The van der Waals surface area contributed by atoms with Crippen LogP contribution in [0.5, 0.6) is 0 Å². The maximum atomic E-state index is 10.4. The van der Waals surface area contributed by atoms with Crippen LogP contribution in [0.25, 0.3) is 11.4 Å². The zero-order valence-corrected chi connectivity index (χ0v) is 7.18. The average Bonchev–Trinajstić information content (AvgIpc) is 2.68. The summed E-state index contributed by atoms with van der Waals surface area (Å²) in [7, 11) is 0. The van der Waals surface area contributed by atoms with Gasteiger partial charge in [0.2, 0.25) is 0 Å². The van der Waals surface area contributed by atoms with Crippen molar-refractivity contribution in [3.8, 4) is 11.4 Å². The first-order chi connectivity index (χ1) is 6.77. The highest BCUT2D eigenvalue weighted by molar-refractivity contribution is 5.55. The molecule has 1 N–H and O–H groups in total. The lowest BCUT2D eigenvalue weighted by molar-refractivity contribution is -0.389. The molecule has 0 bridgehead atoms. The quantitative estimate of drug-likeness (QED) is 0.580. The number of nitro groups is 1. The lowest BCUT2D eigenvalue weighted by Crippen LogP contribution is -1.87. The second-order valence-electron chi connectivity index (χ2n) is 2.73. The van der Waals surface area contributed by atoms with Crippen LogP contribution in [0.15, 0.2) is 36.5 Å². The molecule has 0 aliphatic rings. The highest BCUT2D eigenvalue weighted by Crippen LogP contribution is 2.17. The molecule has 0 amide bonds. The highest BCUT2D eigenvalue weighted by atomic mass is 16.6. The van der Waals surface area contributed by atoms with Crippen molar-refractivity contribution in [3.63, 3.8) is 0 Å². The minimum absolute atomic E-state index is 0.163. The Hall–Kier alpha value is -2.17. The van der Waals surface area contributed by atoms with Crippen LogP contribution in [0, 0.1) is 10.1 Å². The van der Waals surface area contributed by atoms with Gasteiger partial charge in [0.1, 0.15) is 6.20 Å². The Kier molecular flexibility index (Phi) is 1.98. The fraction of sp³-hybridized carbons (Fsp3) is 0. The van der Waals surface area contributed by atoms with Crippen LogP contribution in [0.2, 0.25) is 0 Å². The Balaban J connectivity index is 2.39. The molecule has 1 aromatic carbocycles. The van der Waals surface area contributed by atoms with Crippen LogP contribution >= 0.6 is 0 Å². The highest BCUT2D eigenvalue weighted by Gasteiger charge is 2.13. The van der Waals surface area contributed by atoms with E-state index in [-0.39, 0.29) is 5.82 Å². The van der Waals surface area contributed by atoms with Crippen LogP contribution < -0.4 is 0 Å².